The molecule has 0 bridgehead atoms. The van der Waals surface area contributed by atoms with Crippen LogP contribution in [-0.2, 0) is 30.8 Å². The molecule has 1 fully saturated rings. The highest BCUT2D eigenvalue weighted by molar-refractivity contribution is 7.89. The van der Waals surface area contributed by atoms with Crippen LogP contribution in [0.4, 0.5) is 5.69 Å². The van der Waals surface area contributed by atoms with Crippen molar-refractivity contribution in [2.24, 2.45) is 0 Å². The third-order valence-corrected chi connectivity index (χ3v) is 8.62. The summed E-state index contributed by atoms with van der Waals surface area (Å²) in [5, 5.41) is 12.4. The molecule has 1 unspecified atom stereocenters. The summed E-state index contributed by atoms with van der Waals surface area (Å²) in [4.78, 5) is 40.6. The van der Waals surface area contributed by atoms with Crippen LogP contribution in [0, 0.1) is 0 Å². The second-order valence-electron chi connectivity index (χ2n) is 8.88. The van der Waals surface area contributed by atoms with E-state index in [1.165, 1.54) is 29.4 Å². The zero-order valence-electron chi connectivity index (χ0n) is 19.1. The van der Waals surface area contributed by atoms with Crippen molar-refractivity contribution in [1.29, 1.82) is 0 Å². The molecule has 2 aliphatic heterocycles. The van der Waals surface area contributed by atoms with Gasteiger partial charge in [-0.2, -0.15) is 4.31 Å². The minimum Gasteiger partial charge on any atom is -0.481 e. The maximum absolute atomic E-state index is 13.2. The molecule has 1 aromatic carbocycles. The van der Waals surface area contributed by atoms with Crippen LogP contribution < -0.4 is 5.32 Å². The molecule has 2 aromatic rings. The first kappa shape index (κ1) is 23.5. The number of Topliss-reactive ketones (excluding diaryl/α,β-unsaturated/α-hetero) is 1. The van der Waals surface area contributed by atoms with E-state index in [0.29, 0.717) is 66.2 Å². The van der Waals surface area contributed by atoms with E-state index in [0.717, 1.165) is 0 Å². The number of nitrogens with one attached hydrogen (secondary N) is 2. The number of anilines is 1. The number of aromatic amines is 1. The van der Waals surface area contributed by atoms with Crippen LogP contribution >= 0.6 is 0 Å². The average Bonchev–Trinajstić information content (AvgIpc) is 3.36. The quantitative estimate of drug-likeness (QED) is 0.535. The van der Waals surface area contributed by atoms with Crippen LogP contribution in [0.15, 0.2) is 23.1 Å². The molecule has 0 saturated carbocycles. The Labute approximate surface area is 202 Å². The molecule has 35 heavy (non-hydrogen) atoms. The Morgan fingerprint density at radius 2 is 1.94 bits per heavy atom. The van der Waals surface area contributed by atoms with E-state index in [4.69, 9.17) is 4.74 Å². The Morgan fingerprint density at radius 3 is 2.66 bits per heavy atom. The van der Waals surface area contributed by atoms with Gasteiger partial charge >= 0.3 is 5.97 Å². The van der Waals surface area contributed by atoms with Gasteiger partial charge in [0.1, 0.15) is 0 Å². The Kier molecular flexibility index (Phi) is 5.86. The van der Waals surface area contributed by atoms with Crippen LogP contribution in [0.25, 0.3) is 11.6 Å². The number of fused-ring (bicyclic) bond motifs is 2. The smallest absolute Gasteiger partial charge is 0.310 e. The number of carbonyl (C=O) groups excluding carboxylic acids is 2. The van der Waals surface area contributed by atoms with Crippen molar-refractivity contribution in [3.63, 3.8) is 0 Å². The summed E-state index contributed by atoms with van der Waals surface area (Å²) in [6.45, 7) is 2.63. The molecule has 184 valence electrons. The molecule has 0 radical (unpaired) electrons. The second-order valence-corrected chi connectivity index (χ2v) is 10.8. The van der Waals surface area contributed by atoms with Crippen molar-refractivity contribution in [2.45, 2.75) is 37.0 Å². The maximum Gasteiger partial charge on any atom is 0.310 e. The number of ketones is 1. The number of carboxylic acids is 1. The fourth-order valence-electron chi connectivity index (χ4n) is 4.88. The zero-order chi connectivity index (χ0) is 24.9. The first-order valence-corrected chi connectivity index (χ1v) is 12.9. The number of rotatable bonds is 5. The lowest BCUT2D eigenvalue weighted by atomic mass is 9.87. The topological polar surface area (TPSA) is 146 Å². The monoisotopic (exact) mass is 499 g/mol. The summed E-state index contributed by atoms with van der Waals surface area (Å²) in [6.07, 6.45) is 3.13. The number of aromatic nitrogens is 1. The summed E-state index contributed by atoms with van der Waals surface area (Å²) in [6, 6.07) is 4.46. The molecule has 5 rings (SSSR count). The maximum atomic E-state index is 13.2. The van der Waals surface area contributed by atoms with Gasteiger partial charge in [-0.25, -0.2) is 8.42 Å². The molecule has 11 heteroatoms. The molecular weight excluding hydrogens is 474 g/mol. The average molecular weight is 500 g/mol. The molecule has 10 nitrogen and oxygen atoms in total. The Hall–Kier alpha value is -3.28. The van der Waals surface area contributed by atoms with E-state index < -0.39 is 27.8 Å². The van der Waals surface area contributed by atoms with E-state index in [1.807, 2.05) is 0 Å². The SMILES string of the molecule is CC(C(=O)O)c1c(/C=C2\C(=O)Nc3ccc(S(=O)(=O)N4CCOCC4)cc32)[nH]c2c1C(=O)CCC2. The predicted molar refractivity (Wildman–Crippen MR) is 127 cm³/mol. The number of carboxylic acid groups (broad SMARTS) is 1. The highest BCUT2D eigenvalue weighted by Crippen LogP contribution is 2.38. The van der Waals surface area contributed by atoms with Gasteiger partial charge in [0.2, 0.25) is 10.0 Å². The van der Waals surface area contributed by atoms with E-state index in [2.05, 4.69) is 10.3 Å². The first-order valence-electron chi connectivity index (χ1n) is 11.4. The molecule has 1 aromatic heterocycles. The van der Waals surface area contributed by atoms with E-state index in [-0.39, 0.29) is 29.3 Å². The number of H-pyrrole nitrogens is 1. The summed E-state index contributed by atoms with van der Waals surface area (Å²) in [5.41, 5.74) is 2.84. The molecule has 0 spiro atoms. The highest BCUT2D eigenvalue weighted by atomic mass is 32.2. The van der Waals surface area contributed by atoms with Gasteiger partial charge in [0.25, 0.3) is 5.91 Å². The van der Waals surface area contributed by atoms with Gasteiger partial charge < -0.3 is 20.1 Å². The van der Waals surface area contributed by atoms with Gasteiger partial charge in [-0.1, -0.05) is 0 Å². The Bertz CT molecular complexity index is 1380. The van der Waals surface area contributed by atoms with Gasteiger partial charge in [0, 0.05) is 53.3 Å². The van der Waals surface area contributed by atoms with Crippen molar-refractivity contribution in [2.75, 3.05) is 31.6 Å². The number of carbonyl (C=O) groups is 3. The summed E-state index contributed by atoms with van der Waals surface area (Å²) >= 11 is 0. The largest absolute Gasteiger partial charge is 0.481 e. The number of sulfonamides is 1. The minimum atomic E-state index is -3.78. The van der Waals surface area contributed by atoms with Crippen molar-refractivity contribution < 1.29 is 32.6 Å². The van der Waals surface area contributed by atoms with Crippen molar-refractivity contribution in [1.82, 2.24) is 9.29 Å². The summed E-state index contributed by atoms with van der Waals surface area (Å²) in [7, 11) is -3.78. The fourth-order valence-corrected chi connectivity index (χ4v) is 6.32. The molecular formula is C24H25N3O7S. The van der Waals surface area contributed by atoms with Crippen molar-refractivity contribution >= 4 is 45.0 Å². The van der Waals surface area contributed by atoms with Crippen LogP contribution in [0.2, 0.25) is 0 Å². The number of hydrogen-bond acceptors (Lipinski definition) is 6. The van der Waals surface area contributed by atoms with Crippen molar-refractivity contribution in [3.05, 3.63) is 46.3 Å². The minimum absolute atomic E-state index is 0.0561. The molecule has 3 aliphatic rings. The number of morpholine rings is 1. The third kappa shape index (κ3) is 3.99. The molecule has 1 atom stereocenters. The predicted octanol–water partition coefficient (Wildman–Crippen LogP) is 2.24. The highest BCUT2D eigenvalue weighted by Gasteiger charge is 2.34. The van der Waals surface area contributed by atoms with Gasteiger partial charge in [-0.05, 0) is 44.0 Å². The molecule has 1 amide bonds. The zero-order valence-corrected chi connectivity index (χ0v) is 19.9. The van der Waals surface area contributed by atoms with Crippen LogP contribution in [0.3, 0.4) is 0 Å². The lowest BCUT2D eigenvalue weighted by molar-refractivity contribution is -0.138. The Morgan fingerprint density at radius 1 is 1.20 bits per heavy atom. The lowest BCUT2D eigenvalue weighted by Crippen LogP contribution is -2.40. The van der Waals surface area contributed by atoms with Gasteiger partial charge in [0.15, 0.2) is 5.78 Å². The van der Waals surface area contributed by atoms with E-state index in [9.17, 15) is 27.9 Å². The molecule has 1 aliphatic carbocycles. The number of aryl methyl sites for hydroxylation is 1. The van der Waals surface area contributed by atoms with Gasteiger partial charge in [-0.15, -0.1) is 0 Å². The van der Waals surface area contributed by atoms with Crippen LogP contribution in [0.1, 0.15) is 58.6 Å². The molecule has 3 N–H and O–H groups in total. The van der Waals surface area contributed by atoms with Crippen LogP contribution in [-0.4, -0.2) is 66.8 Å². The lowest BCUT2D eigenvalue weighted by Gasteiger charge is -2.26. The fraction of sp³-hybridized carbons (Fsp3) is 0.375. The van der Waals surface area contributed by atoms with E-state index in [1.54, 1.807) is 6.07 Å². The number of ether oxygens (including phenoxy) is 1. The second kappa shape index (κ2) is 8.74. The number of nitrogens with zero attached hydrogens (tertiary/aromatic N) is 1. The number of amides is 1. The van der Waals surface area contributed by atoms with E-state index >= 15 is 0 Å². The molecule has 3 heterocycles. The molecule has 1 saturated heterocycles. The Balaban J connectivity index is 1.62. The number of benzene rings is 1. The summed E-state index contributed by atoms with van der Waals surface area (Å²) < 4.78 is 32.9. The van der Waals surface area contributed by atoms with Gasteiger partial charge in [0.05, 0.1) is 29.6 Å². The first-order chi connectivity index (χ1) is 16.7. The third-order valence-electron chi connectivity index (χ3n) is 6.73. The van der Waals surface area contributed by atoms with Crippen molar-refractivity contribution in [3.8, 4) is 0 Å². The normalized spacial score (nSPS) is 20.4. The number of aliphatic carboxylic acids is 1. The number of hydrogen-bond donors (Lipinski definition) is 3. The van der Waals surface area contributed by atoms with Crippen LogP contribution in [0.5, 0.6) is 0 Å². The van der Waals surface area contributed by atoms with Gasteiger partial charge in [-0.3, -0.25) is 14.4 Å². The summed E-state index contributed by atoms with van der Waals surface area (Å²) in [5.74, 6) is -2.61. The standard InChI is InChI=1S/C24H25N3O7S/c1-13(24(30)31)21-19(25-18-3-2-4-20(28)22(18)21)12-16-15-11-14(5-6-17(15)26-23(16)29)35(32,33)27-7-9-34-10-8-27/h5-6,11-13,25H,2-4,7-10H2,1H3,(H,26,29)(H,30,31)/b16-12-.